The van der Waals surface area contributed by atoms with E-state index in [4.69, 9.17) is 4.74 Å². The third kappa shape index (κ3) is 5.44. The minimum absolute atomic E-state index is 0.103. The first-order valence-electron chi connectivity index (χ1n) is 9.84. The highest BCUT2D eigenvalue weighted by atomic mass is 32.2. The molecule has 0 fully saturated rings. The maximum absolute atomic E-state index is 12.7. The summed E-state index contributed by atoms with van der Waals surface area (Å²) >= 11 is 0. The quantitative estimate of drug-likeness (QED) is 0.564. The number of methoxy groups -OCH3 is 1. The van der Waals surface area contributed by atoms with E-state index >= 15 is 0 Å². The van der Waals surface area contributed by atoms with E-state index in [0.717, 1.165) is 11.1 Å². The van der Waals surface area contributed by atoms with Gasteiger partial charge >= 0.3 is 0 Å². The zero-order valence-corrected chi connectivity index (χ0v) is 18.8. The van der Waals surface area contributed by atoms with Crippen molar-refractivity contribution in [2.24, 2.45) is 0 Å². The van der Waals surface area contributed by atoms with Crippen LogP contribution in [-0.2, 0) is 10.0 Å². The smallest absolute Gasteiger partial charge is 0.261 e. The van der Waals surface area contributed by atoms with Crippen LogP contribution in [-0.4, -0.2) is 21.4 Å². The van der Waals surface area contributed by atoms with Crippen molar-refractivity contribution in [1.82, 2.24) is 5.32 Å². The highest BCUT2D eigenvalue weighted by Gasteiger charge is 2.16. The van der Waals surface area contributed by atoms with E-state index in [9.17, 15) is 13.2 Å². The van der Waals surface area contributed by atoms with Gasteiger partial charge in [0.15, 0.2) is 0 Å². The molecule has 0 aliphatic rings. The van der Waals surface area contributed by atoms with E-state index in [1.807, 2.05) is 32.9 Å². The number of amides is 1. The zero-order valence-electron chi connectivity index (χ0n) is 18.0. The van der Waals surface area contributed by atoms with Crippen LogP contribution >= 0.6 is 0 Å². The number of anilines is 1. The molecule has 0 heterocycles. The van der Waals surface area contributed by atoms with Crippen LogP contribution in [0, 0.1) is 13.8 Å². The Morgan fingerprint density at radius 2 is 1.65 bits per heavy atom. The summed E-state index contributed by atoms with van der Waals surface area (Å²) in [5, 5.41) is 2.96. The van der Waals surface area contributed by atoms with E-state index in [1.165, 1.54) is 30.9 Å². The first kappa shape index (κ1) is 22.4. The van der Waals surface area contributed by atoms with Gasteiger partial charge in [0, 0.05) is 11.3 Å². The first-order valence-corrected chi connectivity index (χ1v) is 11.3. The largest absolute Gasteiger partial charge is 0.497 e. The van der Waals surface area contributed by atoms with E-state index in [1.54, 1.807) is 30.3 Å². The number of sulfonamides is 1. The minimum Gasteiger partial charge on any atom is -0.497 e. The van der Waals surface area contributed by atoms with Gasteiger partial charge in [-0.25, -0.2) is 8.42 Å². The second-order valence-electron chi connectivity index (χ2n) is 7.40. The number of hydrogen-bond donors (Lipinski definition) is 2. The van der Waals surface area contributed by atoms with Crippen LogP contribution in [0.1, 0.15) is 40.0 Å². The van der Waals surface area contributed by atoms with Gasteiger partial charge < -0.3 is 10.1 Å². The summed E-state index contributed by atoms with van der Waals surface area (Å²) in [4.78, 5) is 12.8. The minimum atomic E-state index is -3.79. The third-order valence-electron chi connectivity index (χ3n) is 5.13. The van der Waals surface area contributed by atoms with Gasteiger partial charge in [-0.15, -0.1) is 0 Å². The summed E-state index contributed by atoms with van der Waals surface area (Å²) in [5.41, 5.74) is 4.04. The molecule has 0 spiro atoms. The van der Waals surface area contributed by atoms with Gasteiger partial charge in [-0.1, -0.05) is 24.3 Å². The molecule has 1 amide bonds. The molecule has 0 radical (unpaired) electrons. The topological polar surface area (TPSA) is 84.5 Å². The Balaban J connectivity index is 1.74. The number of rotatable bonds is 7. The van der Waals surface area contributed by atoms with Crippen LogP contribution in [0.25, 0.3) is 0 Å². The van der Waals surface area contributed by atoms with Gasteiger partial charge in [0.25, 0.3) is 15.9 Å². The molecule has 0 saturated carbocycles. The lowest BCUT2D eigenvalue weighted by Gasteiger charge is -2.16. The third-order valence-corrected chi connectivity index (χ3v) is 6.52. The van der Waals surface area contributed by atoms with Gasteiger partial charge in [0.05, 0.1) is 18.0 Å². The van der Waals surface area contributed by atoms with Crippen LogP contribution < -0.4 is 14.8 Å². The second kappa shape index (κ2) is 9.22. The van der Waals surface area contributed by atoms with Crippen molar-refractivity contribution in [3.8, 4) is 5.75 Å². The Kier molecular flexibility index (Phi) is 6.65. The number of aryl methyl sites for hydroxylation is 2. The average Bonchev–Trinajstić information content (AvgIpc) is 2.75. The molecule has 1 unspecified atom stereocenters. The highest BCUT2D eigenvalue weighted by Crippen LogP contribution is 2.21. The van der Waals surface area contributed by atoms with Crippen molar-refractivity contribution in [3.05, 3.63) is 89.0 Å². The maximum atomic E-state index is 12.7. The monoisotopic (exact) mass is 438 g/mol. The molecule has 1 atom stereocenters. The zero-order chi connectivity index (χ0) is 22.6. The molecule has 6 nitrogen and oxygen atoms in total. The lowest BCUT2D eigenvalue weighted by atomic mass is 10.0. The number of nitrogens with one attached hydrogen (secondary N) is 2. The number of hydrogen-bond acceptors (Lipinski definition) is 4. The fraction of sp³-hybridized carbons (Fsp3) is 0.208. The SMILES string of the molecule is COc1ccc(S(=O)(=O)Nc2cccc(C(=O)NC(C)c3ccc(C)c(C)c3)c2)cc1. The van der Waals surface area contributed by atoms with Crippen molar-refractivity contribution in [1.29, 1.82) is 0 Å². The second-order valence-corrected chi connectivity index (χ2v) is 9.08. The fourth-order valence-corrected chi connectivity index (χ4v) is 4.14. The molecule has 0 bridgehead atoms. The molecule has 162 valence electrons. The molecule has 3 aromatic carbocycles. The van der Waals surface area contributed by atoms with Gasteiger partial charge in [-0.2, -0.15) is 0 Å². The van der Waals surface area contributed by atoms with Crippen molar-refractivity contribution in [2.75, 3.05) is 11.8 Å². The molecule has 3 rings (SSSR count). The van der Waals surface area contributed by atoms with Gasteiger partial charge in [-0.05, 0) is 79.9 Å². The van der Waals surface area contributed by atoms with Crippen molar-refractivity contribution in [3.63, 3.8) is 0 Å². The Labute approximate surface area is 183 Å². The molecule has 0 aliphatic heterocycles. The van der Waals surface area contributed by atoms with Gasteiger partial charge in [0.1, 0.15) is 5.75 Å². The molecule has 0 aliphatic carbocycles. The van der Waals surface area contributed by atoms with Crippen molar-refractivity contribution < 1.29 is 17.9 Å². The summed E-state index contributed by atoms with van der Waals surface area (Å²) in [6.07, 6.45) is 0. The van der Waals surface area contributed by atoms with Crippen molar-refractivity contribution in [2.45, 2.75) is 31.7 Å². The van der Waals surface area contributed by atoms with Crippen molar-refractivity contribution >= 4 is 21.6 Å². The predicted molar refractivity (Wildman–Crippen MR) is 122 cm³/mol. The Morgan fingerprint density at radius 3 is 2.29 bits per heavy atom. The summed E-state index contributed by atoms with van der Waals surface area (Å²) in [5.74, 6) is 0.284. The summed E-state index contributed by atoms with van der Waals surface area (Å²) in [7, 11) is -2.28. The van der Waals surface area contributed by atoms with Gasteiger partial charge in [-0.3, -0.25) is 9.52 Å². The lowest BCUT2D eigenvalue weighted by molar-refractivity contribution is 0.0940. The molecule has 0 saturated heterocycles. The molecular formula is C24H26N2O4S. The van der Waals surface area contributed by atoms with E-state index in [-0.39, 0.29) is 16.8 Å². The fourth-order valence-electron chi connectivity index (χ4n) is 3.09. The van der Waals surface area contributed by atoms with Crippen LogP contribution in [0.4, 0.5) is 5.69 Å². The predicted octanol–water partition coefficient (Wildman–Crippen LogP) is 4.60. The van der Waals surface area contributed by atoms with Crippen LogP contribution in [0.2, 0.25) is 0 Å². The van der Waals surface area contributed by atoms with E-state index in [2.05, 4.69) is 16.1 Å². The maximum Gasteiger partial charge on any atom is 0.261 e. The molecule has 3 aromatic rings. The van der Waals surface area contributed by atoms with Crippen LogP contribution in [0.3, 0.4) is 0 Å². The number of carbonyl (C=O) groups is 1. The highest BCUT2D eigenvalue weighted by molar-refractivity contribution is 7.92. The Bertz CT molecular complexity index is 1190. The summed E-state index contributed by atoms with van der Waals surface area (Å²) in [6, 6.07) is 18.4. The van der Waals surface area contributed by atoms with E-state index < -0.39 is 10.0 Å². The molecule has 2 N–H and O–H groups in total. The summed E-state index contributed by atoms with van der Waals surface area (Å²) < 4.78 is 32.9. The number of benzene rings is 3. The summed E-state index contributed by atoms with van der Waals surface area (Å²) in [6.45, 7) is 5.99. The molecule has 7 heteroatoms. The Hall–Kier alpha value is -3.32. The normalized spacial score (nSPS) is 12.1. The standard InChI is InChI=1S/C24H26N2O4S/c1-16-8-9-19(14-17(16)2)18(3)25-24(27)20-6-5-7-21(15-20)26-31(28,29)23-12-10-22(30-4)11-13-23/h5-15,18,26H,1-4H3,(H,25,27). The Morgan fingerprint density at radius 1 is 0.935 bits per heavy atom. The average molecular weight is 439 g/mol. The number of carbonyl (C=O) groups excluding carboxylic acids is 1. The first-order chi connectivity index (χ1) is 14.7. The molecule has 31 heavy (non-hydrogen) atoms. The van der Waals surface area contributed by atoms with E-state index in [0.29, 0.717) is 17.0 Å². The van der Waals surface area contributed by atoms with Gasteiger partial charge in [0.2, 0.25) is 0 Å². The molecular weight excluding hydrogens is 412 g/mol. The molecule has 0 aromatic heterocycles. The number of ether oxygens (including phenoxy) is 1. The van der Waals surface area contributed by atoms with Crippen LogP contribution in [0.5, 0.6) is 5.75 Å². The van der Waals surface area contributed by atoms with Crippen LogP contribution in [0.15, 0.2) is 71.6 Å². The lowest BCUT2D eigenvalue weighted by Crippen LogP contribution is -2.26.